The maximum Gasteiger partial charge on any atom is 0.325 e. The number of aromatic hydroxyl groups is 1. The second kappa shape index (κ2) is 11.5. The van der Waals surface area contributed by atoms with Crippen molar-refractivity contribution in [2.24, 2.45) is 0 Å². The fourth-order valence-corrected chi connectivity index (χ4v) is 6.82. The number of ether oxygens (including phenoxy) is 3. The summed E-state index contributed by atoms with van der Waals surface area (Å²) < 4.78 is 16.9. The summed E-state index contributed by atoms with van der Waals surface area (Å²) in [6, 6.07) is 9.87. The van der Waals surface area contributed by atoms with Gasteiger partial charge in [0, 0.05) is 43.4 Å². The number of amides is 2. The number of nitrogens with zero attached hydrogens (tertiary/aromatic N) is 3. The zero-order valence-corrected chi connectivity index (χ0v) is 25.5. The van der Waals surface area contributed by atoms with Gasteiger partial charge in [0.25, 0.3) is 0 Å². The molecule has 0 saturated carbocycles. The number of allylic oxidation sites excluding steroid dienone is 1. The molecule has 1 spiro atoms. The lowest BCUT2D eigenvalue weighted by molar-refractivity contribution is 0.0885. The fourth-order valence-electron chi connectivity index (χ4n) is 6.82. The Hall–Kier alpha value is -3.39. The van der Waals surface area contributed by atoms with Crippen LogP contribution in [0.5, 0.6) is 23.0 Å². The lowest BCUT2D eigenvalue weighted by Crippen LogP contribution is -2.53. The van der Waals surface area contributed by atoms with E-state index >= 15 is 0 Å². The number of likely N-dealkylation sites (N-methyl/N-ethyl adjacent to an activating group) is 1. The van der Waals surface area contributed by atoms with Crippen LogP contribution in [-0.4, -0.2) is 71.8 Å². The number of fused-ring (bicyclic) bond motifs is 3. The Kier molecular flexibility index (Phi) is 8.15. The summed E-state index contributed by atoms with van der Waals surface area (Å²) in [4.78, 5) is 20.5. The molecule has 2 fully saturated rings. The van der Waals surface area contributed by atoms with E-state index in [9.17, 15) is 9.90 Å². The molecule has 2 saturated heterocycles. The molecule has 0 bridgehead atoms. The molecule has 8 heteroatoms. The molecule has 0 unspecified atom stereocenters. The average molecular weight is 564 g/mol. The van der Waals surface area contributed by atoms with Crippen LogP contribution in [0, 0.1) is 0 Å². The number of hydrogen-bond donors (Lipinski definition) is 1. The highest BCUT2D eigenvalue weighted by molar-refractivity contribution is 5.83. The second-order valence-electron chi connectivity index (χ2n) is 12.1. The van der Waals surface area contributed by atoms with Gasteiger partial charge in [-0.25, -0.2) is 4.79 Å². The van der Waals surface area contributed by atoms with E-state index in [-0.39, 0.29) is 22.7 Å². The monoisotopic (exact) mass is 563 g/mol. The Morgan fingerprint density at radius 3 is 2.27 bits per heavy atom. The van der Waals surface area contributed by atoms with E-state index in [4.69, 9.17) is 14.2 Å². The highest BCUT2D eigenvalue weighted by Crippen LogP contribution is 2.49. The van der Waals surface area contributed by atoms with Crippen molar-refractivity contribution in [3.63, 3.8) is 0 Å². The van der Waals surface area contributed by atoms with E-state index < -0.39 is 0 Å². The Labute approximate surface area is 244 Å². The third kappa shape index (κ3) is 5.34. The van der Waals surface area contributed by atoms with Crippen molar-refractivity contribution >= 4 is 6.03 Å². The molecule has 0 atom stereocenters. The molecular formula is C33H45N3O5. The highest BCUT2D eigenvalue weighted by atomic mass is 16.5. The van der Waals surface area contributed by atoms with Gasteiger partial charge in [-0.15, -0.1) is 0 Å². The van der Waals surface area contributed by atoms with Crippen molar-refractivity contribution in [2.75, 3.05) is 40.5 Å². The number of carbonyl (C=O) groups is 1. The largest absolute Gasteiger partial charge is 0.504 e. The molecule has 2 amide bonds. The number of carbonyl (C=O) groups excluding carboxylic acids is 1. The number of phenols is 1. The smallest absolute Gasteiger partial charge is 0.325 e. The summed E-state index contributed by atoms with van der Waals surface area (Å²) in [5, 5.41) is 10.8. The van der Waals surface area contributed by atoms with Gasteiger partial charge < -0.3 is 24.2 Å². The van der Waals surface area contributed by atoms with Crippen molar-refractivity contribution in [1.29, 1.82) is 0 Å². The van der Waals surface area contributed by atoms with E-state index in [1.54, 1.807) is 14.2 Å². The predicted molar refractivity (Wildman–Crippen MR) is 160 cm³/mol. The summed E-state index contributed by atoms with van der Waals surface area (Å²) in [6.07, 6.45) is 5.95. The normalized spacial score (nSPS) is 19.5. The van der Waals surface area contributed by atoms with Crippen molar-refractivity contribution < 1.29 is 24.1 Å². The first kappa shape index (κ1) is 29.1. The van der Waals surface area contributed by atoms with Crippen LogP contribution in [-0.2, 0) is 18.5 Å². The molecule has 5 rings (SSSR count). The second-order valence-corrected chi connectivity index (χ2v) is 12.1. The van der Waals surface area contributed by atoms with Gasteiger partial charge in [0.2, 0.25) is 0 Å². The average Bonchev–Trinajstić information content (AvgIpc) is 3.07. The fraction of sp³-hybridized carbons (Fsp3) is 0.545. The van der Waals surface area contributed by atoms with Gasteiger partial charge in [0.1, 0.15) is 11.5 Å². The summed E-state index contributed by atoms with van der Waals surface area (Å²) in [6.45, 7) is 12.8. The molecule has 0 radical (unpaired) electrons. The topological polar surface area (TPSA) is 74.7 Å². The lowest BCUT2D eigenvalue weighted by Gasteiger charge is -2.44. The molecular weight excluding hydrogens is 518 g/mol. The molecule has 0 aliphatic carbocycles. The third-order valence-corrected chi connectivity index (χ3v) is 9.02. The van der Waals surface area contributed by atoms with Crippen LogP contribution in [0.15, 0.2) is 42.1 Å². The molecule has 3 heterocycles. The maximum atomic E-state index is 14.0. The van der Waals surface area contributed by atoms with E-state index in [0.717, 1.165) is 79.2 Å². The molecule has 2 aromatic carbocycles. The van der Waals surface area contributed by atoms with Crippen LogP contribution >= 0.6 is 0 Å². The van der Waals surface area contributed by atoms with Crippen molar-refractivity contribution in [2.45, 2.75) is 77.4 Å². The van der Waals surface area contributed by atoms with Crippen LogP contribution in [0.4, 0.5) is 4.79 Å². The Morgan fingerprint density at radius 2 is 1.66 bits per heavy atom. The van der Waals surface area contributed by atoms with Gasteiger partial charge in [0.05, 0.1) is 32.9 Å². The number of rotatable bonds is 9. The number of piperidine rings is 1. The molecule has 8 nitrogen and oxygen atoms in total. The standard InChI is InChI=1S/C33H45N3O5/c1-7-9-14-41-29-17-24-22-35-30(20-32(3,4)27(24)19-28(29)37)33(36(8-2)31(35)38)10-12-34(13-11-33)21-23-15-25(39-5)18-26(16-23)40-6/h15-20,37H,7-14,21-22H2,1-6H3. The number of likely N-dealkylation sites (tertiary alicyclic amines) is 1. The first-order valence-corrected chi connectivity index (χ1v) is 14.9. The maximum absolute atomic E-state index is 14.0. The van der Waals surface area contributed by atoms with Crippen LogP contribution in [0.1, 0.15) is 70.1 Å². The first-order chi connectivity index (χ1) is 19.6. The van der Waals surface area contributed by atoms with Crippen LogP contribution in [0.25, 0.3) is 0 Å². The minimum Gasteiger partial charge on any atom is -0.504 e. The SMILES string of the molecule is CCCCOc1cc2c(cc1O)C(C)(C)C=C1N(C2)C(=O)N(CC)C12CCN(Cc1cc(OC)cc(OC)c1)CC2. The van der Waals surface area contributed by atoms with Crippen LogP contribution < -0.4 is 14.2 Å². The zero-order valence-electron chi connectivity index (χ0n) is 25.5. The van der Waals surface area contributed by atoms with Crippen molar-refractivity contribution in [3.05, 3.63) is 58.8 Å². The van der Waals surface area contributed by atoms with Gasteiger partial charge in [-0.1, -0.05) is 33.3 Å². The van der Waals surface area contributed by atoms with E-state index in [0.29, 0.717) is 25.4 Å². The first-order valence-electron chi connectivity index (χ1n) is 14.9. The Bertz CT molecular complexity index is 1290. The van der Waals surface area contributed by atoms with Crippen molar-refractivity contribution in [1.82, 2.24) is 14.7 Å². The van der Waals surface area contributed by atoms with E-state index in [2.05, 4.69) is 55.7 Å². The summed E-state index contributed by atoms with van der Waals surface area (Å²) in [5.74, 6) is 2.23. The lowest BCUT2D eigenvalue weighted by atomic mass is 9.77. The summed E-state index contributed by atoms with van der Waals surface area (Å²) >= 11 is 0. The number of phenolic OH excluding ortho intramolecular Hbond substituents is 1. The summed E-state index contributed by atoms with van der Waals surface area (Å²) in [5.41, 5.74) is 3.59. The number of urea groups is 1. The van der Waals surface area contributed by atoms with Gasteiger partial charge in [0.15, 0.2) is 11.5 Å². The third-order valence-electron chi connectivity index (χ3n) is 9.02. The van der Waals surface area contributed by atoms with Crippen LogP contribution in [0.2, 0.25) is 0 Å². The number of methoxy groups -OCH3 is 2. The van der Waals surface area contributed by atoms with E-state index in [1.165, 1.54) is 0 Å². The van der Waals surface area contributed by atoms with Gasteiger partial charge in [-0.3, -0.25) is 9.80 Å². The molecule has 3 aliphatic rings. The van der Waals surface area contributed by atoms with Gasteiger partial charge in [-0.2, -0.15) is 0 Å². The molecule has 222 valence electrons. The molecule has 3 aliphatic heterocycles. The molecule has 1 N–H and O–H groups in total. The van der Waals surface area contributed by atoms with Gasteiger partial charge >= 0.3 is 6.03 Å². The predicted octanol–water partition coefficient (Wildman–Crippen LogP) is 6.06. The Balaban J connectivity index is 1.42. The highest BCUT2D eigenvalue weighted by Gasteiger charge is 2.55. The Morgan fingerprint density at radius 1 is 0.976 bits per heavy atom. The van der Waals surface area contributed by atoms with Gasteiger partial charge in [-0.05, 0) is 67.1 Å². The minimum atomic E-state index is -0.371. The van der Waals surface area contributed by atoms with Crippen molar-refractivity contribution in [3.8, 4) is 23.0 Å². The summed E-state index contributed by atoms with van der Waals surface area (Å²) in [7, 11) is 3.35. The molecule has 2 aromatic rings. The number of benzene rings is 2. The van der Waals surface area contributed by atoms with E-state index in [1.807, 2.05) is 23.1 Å². The number of unbranched alkanes of at least 4 members (excludes halogenated alkanes) is 1. The minimum absolute atomic E-state index is 0.0647. The molecule has 41 heavy (non-hydrogen) atoms. The van der Waals surface area contributed by atoms with Crippen LogP contribution in [0.3, 0.4) is 0 Å². The quantitative estimate of drug-likeness (QED) is 0.374. The zero-order chi connectivity index (χ0) is 29.4. The number of hydrogen-bond acceptors (Lipinski definition) is 6. The molecule has 0 aromatic heterocycles.